The number of amides is 1. The Bertz CT molecular complexity index is 377. The van der Waals surface area contributed by atoms with Crippen LogP contribution in [0.15, 0.2) is 12.4 Å². The van der Waals surface area contributed by atoms with E-state index in [1.165, 1.54) is 0 Å². The second-order valence-electron chi connectivity index (χ2n) is 4.45. The van der Waals surface area contributed by atoms with Gasteiger partial charge in [0.25, 0.3) is 0 Å². The van der Waals surface area contributed by atoms with Crippen molar-refractivity contribution in [1.82, 2.24) is 14.9 Å². The lowest BCUT2D eigenvalue weighted by Gasteiger charge is -2.11. The van der Waals surface area contributed by atoms with E-state index in [1.807, 2.05) is 6.07 Å². The summed E-state index contributed by atoms with van der Waals surface area (Å²) in [6, 6.07) is 1.92. The minimum Gasteiger partial charge on any atom is -0.369 e. The molecule has 5 nitrogen and oxygen atoms in total. The van der Waals surface area contributed by atoms with Crippen molar-refractivity contribution in [2.45, 2.75) is 26.2 Å². The predicted molar refractivity (Wildman–Crippen MR) is 67.9 cm³/mol. The number of carbonyl (C=O) groups is 1. The zero-order valence-corrected chi connectivity index (χ0v) is 10.9. The van der Waals surface area contributed by atoms with Gasteiger partial charge in [-0.3, -0.25) is 4.79 Å². The highest BCUT2D eigenvalue weighted by atomic mass is 16.2. The number of hydrogen-bond donors (Lipinski definition) is 1. The van der Waals surface area contributed by atoms with Gasteiger partial charge in [-0.2, -0.15) is 0 Å². The van der Waals surface area contributed by atoms with E-state index < -0.39 is 0 Å². The molecule has 0 aromatic carbocycles. The monoisotopic (exact) mass is 236 g/mol. The van der Waals surface area contributed by atoms with E-state index in [0.29, 0.717) is 18.9 Å². The zero-order valence-electron chi connectivity index (χ0n) is 10.9. The summed E-state index contributed by atoms with van der Waals surface area (Å²) < 4.78 is 0. The van der Waals surface area contributed by atoms with Gasteiger partial charge in [0.05, 0.1) is 0 Å². The smallest absolute Gasteiger partial charge is 0.223 e. The summed E-state index contributed by atoms with van der Waals surface area (Å²) in [5.41, 5.74) is 1.00. The topological polar surface area (TPSA) is 58.1 Å². The van der Waals surface area contributed by atoms with Crippen molar-refractivity contribution in [3.63, 3.8) is 0 Å². The first-order chi connectivity index (χ1) is 8.00. The highest BCUT2D eigenvalue weighted by Crippen LogP contribution is 2.13. The number of carbonyl (C=O) groups excluding carboxylic acids is 1. The van der Waals surface area contributed by atoms with Gasteiger partial charge in [-0.25, -0.2) is 9.97 Å². The quantitative estimate of drug-likeness (QED) is 0.841. The number of nitrogens with zero attached hydrogens (tertiary/aromatic N) is 3. The Hall–Kier alpha value is -1.65. The molecule has 0 spiro atoms. The molecule has 1 rings (SSSR count). The van der Waals surface area contributed by atoms with Crippen molar-refractivity contribution in [1.29, 1.82) is 0 Å². The molecule has 0 unspecified atom stereocenters. The second-order valence-corrected chi connectivity index (χ2v) is 4.45. The largest absolute Gasteiger partial charge is 0.369 e. The van der Waals surface area contributed by atoms with Crippen molar-refractivity contribution in [2.24, 2.45) is 0 Å². The highest BCUT2D eigenvalue weighted by Gasteiger charge is 2.05. The molecule has 1 aromatic rings. The van der Waals surface area contributed by atoms with E-state index in [2.05, 4.69) is 29.1 Å². The lowest BCUT2D eigenvalue weighted by atomic mass is 10.1. The zero-order chi connectivity index (χ0) is 12.8. The van der Waals surface area contributed by atoms with Crippen LogP contribution in [0.2, 0.25) is 0 Å². The molecule has 1 heterocycles. The van der Waals surface area contributed by atoms with E-state index in [1.54, 1.807) is 25.3 Å². The van der Waals surface area contributed by atoms with Crippen LogP contribution in [0, 0.1) is 0 Å². The molecule has 0 radical (unpaired) electrons. The van der Waals surface area contributed by atoms with Gasteiger partial charge in [-0.1, -0.05) is 13.8 Å². The van der Waals surface area contributed by atoms with E-state index >= 15 is 0 Å². The van der Waals surface area contributed by atoms with Gasteiger partial charge < -0.3 is 10.2 Å². The van der Waals surface area contributed by atoms with E-state index in [9.17, 15) is 4.79 Å². The van der Waals surface area contributed by atoms with Crippen LogP contribution in [-0.4, -0.2) is 41.4 Å². The molecule has 1 amide bonds. The minimum absolute atomic E-state index is 0.107. The van der Waals surface area contributed by atoms with Crippen LogP contribution in [0.4, 0.5) is 5.82 Å². The highest BCUT2D eigenvalue weighted by molar-refractivity contribution is 5.76. The Labute approximate surface area is 102 Å². The molecule has 1 N–H and O–H groups in total. The van der Waals surface area contributed by atoms with Crippen LogP contribution in [0.5, 0.6) is 0 Å². The average molecular weight is 236 g/mol. The van der Waals surface area contributed by atoms with E-state index in [-0.39, 0.29) is 5.91 Å². The van der Waals surface area contributed by atoms with Gasteiger partial charge in [0.15, 0.2) is 0 Å². The van der Waals surface area contributed by atoms with Gasteiger partial charge >= 0.3 is 0 Å². The maximum Gasteiger partial charge on any atom is 0.223 e. The number of aromatic nitrogens is 2. The van der Waals surface area contributed by atoms with Gasteiger partial charge in [-0.15, -0.1) is 0 Å². The number of rotatable bonds is 5. The molecule has 0 aliphatic carbocycles. The van der Waals surface area contributed by atoms with Gasteiger partial charge in [0.2, 0.25) is 5.91 Å². The molecule has 1 aromatic heterocycles. The summed E-state index contributed by atoms with van der Waals surface area (Å²) in [7, 11) is 3.51. The lowest BCUT2D eigenvalue weighted by Crippen LogP contribution is -2.24. The summed E-state index contributed by atoms with van der Waals surface area (Å²) in [5, 5.41) is 3.13. The van der Waals surface area contributed by atoms with Crippen LogP contribution in [-0.2, 0) is 4.79 Å². The van der Waals surface area contributed by atoms with E-state index in [0.717, 1.165) is 11.5 Å². The summed E-state index contributed by atoms with van der Waals surface area (Å²) in [4.78, 5) is 21.2. The van der Waals surface area contributed by atoms with Crippen LogP contribution in [0.1, 0.15) is 31.9 Å². The normalized spacial score (nSPS) is 10.4. The molecule has 0 saturated carbocycles. The third kappa shape index (κ3) is 4.38. The predicted octanol–water partition coefficient (Wildman–Crippen LogP) is 1.49. The Morgan fingerprint density at radius 2 is 2.12 bits per heavy atom. The minimum atomic E-state index is 0.107. The number of nitrogens with one attached hydrogen (secondary N) is 1. The number of hydrogen-bond acceptors (Lipinski definition) is 4. The molecule has 17 heavy (non-hydrogen) atoms. The van der Waals surface area contributed by atoms with Crippen molar-refractivity contribution >= 4 is 11.7 Å². The molecule has 0 saturated heterocycles. The van der Waals surface area contributed by atoms with Crippen LogP contribution in [0.25, 0.3) is 0 Å². The molecule has 94 valence electrons. The average Bonchev–Trinajstić information content (AvgIpc) is 2.29. The van der Waals surface area contributed by atoms with Crippen LogP contribution in [0.3, 0.4) is 0 Å². The molecule has 0 aliphatic rings. The van der Waals surface area contributed by atoms with Crippen molar-refractivity contribution in [3.05, 3.63) is 18.1 Å². The third-order valence-electron chi connectivity index (χ3n) is 2.42. The lowest BCUT2D eigenvalue weighted by molar-refractivity contribution is -0.128. The Morgan fingerprint density at radius 1 is 1.41 bits per heavy atom. The van der Waals surface area contributed by atoms with Gasteiger partial charge in [-0.05, 0) is 5.92 Å². The fraction of sp³-hybridized carbons (Fsp3) is 0.583. The van der Waals surface area contributed by atoms with E-state index in [4.69, 9.17) is 0 Å². The van der Waals surface area contributed by atoms with Gasteiger partial charge in [0.1, 0.15) is 12.1 Å². The second kappa shape index (κ2) is 6.18. The molecule has 5 heteroatoms. The SMILES string of the molecule is CC(C)c1cc(NCCC(=O)N(C)C)ncn1. The third-order valence-corrected chi connectivity index (χ3v) is 2.42. The standard InChI is InChI=1S/C12H20N4O/c1-9(2)10-7-11(15-8-14-10)13-6-5-12(17)16(3)4/h7-9H,5-6H2,1-4H3,(H,13,14,15). The molecule has 0 aliphatic heterocycles. The Balaban J connectivity index is 2.47. The van der Waals surface area contributed by atoms with Crippen LogP contribution >= 0.6 is 0 Å². The maximum atomic E-state index is 11.4. The molecular formula is C12H20N4O. The van der Waals surface area contributed by atoms with Crippen molar-refractivity contribution < 1.29 is 4.79 Å². The summed E-state index contributed by atoms with van der Waals surface area (Å²) >= 11 is 0. The molecule has 0 atom stereocenters. The Morgan fingerprint density at radius 3 is 2.71 bits per heavy atom. The summed E-state index contributed by atoms with van der Waals surface area (Å²) in [6.07, 6.45) is 2.01. The first-order valence-corrected chi connectivity index (χ1v) is 5.76. The molecule has 0 fully saturated rings. The fourth-order valence-electron chi connectivity index (χ4n) is 1.31. The molecular weight excluding hydrogens is 216 g/mol. The van der Waals surface area contributed by atoms with Crippen molar-refractivity contribution in [2.75, 3.05) is 26.0 Å². The first-order valence-electron chi connectivity index (χ1n) is 5.76. The summed E-state index contributed by atoms with van der Waals surface area (Å²) in [5.74, 6) is 1.26. The molecule has 0 bridgehead atoms. The maximum absolute atomic E-state index is 11.4. The number of anilines is 1. The fourth-order valence-corrected chi connectivity index (χ4v) is 1.31. The van der Waals surface area contributed by atoms with Crippen molar-refractivity contribution in [3.8, 4) is 0 Å². The van der Waals surface area contributed by atoms with Crippen LogP contribution < -0.4 is 5.32 Å². The van der Waals surface area contributed by atoms with Gasteiger partial charge in [0, 0.05) is 38.8 Å². The summed E-state index contributed by atoms with van der Waals surface area (Å²) in [6.45, 7) is 4.76. The Kier molecular flexibility index (Phi) is 4.87. The first kappa shape index (κ1) is 13.4.